The summed E-state index contributed by atoms with van der Waals surface area (Å²) in [6.45, 7) is 8.46. The van der Waals surface area contributed by atoms with Crippen LogP contribution >= 0.6 is 23.2 Å². The van der Waals surface area contributed by atoms with Crippen LogP contribution in [0.2, 0.25) is 10.0 Å². The minimum absolute atomic E-state index is 0.0431. The Bertz CT molecular complexity index is 1420. The molecule has 0 saturated carbocycles. The molecule has 1 N–H and O–H groups in total. The Morgan fingerprint density at radius 2 is 1.48 bits per heavy atom. The van der Waals surface area contributed by atoms with Crippen molar-refractivity contribution >= 4 is 50.7 Å². The van der Waals surface area contributed by atoms with E-state index in [1.54, 1.807) is 55.5 Å². The zero-order valence-electron chi connectivity index (χ0n) is 23.3. The van der Waals surface area contributed by atoms with Gasteiger partial charge in [-0.2, -0.15) is 0 Å². The third-order valence-corrected chi connectivity index (χ3v) is 8.79. The molecular weight excluding hydrogens is 569 g/mol. The van der Waals surface area contributed by atoms with Gasteiger partial charge < -0.3 is 10.2 Å². The highest BCUT2D eigenvalue weighted by Gasteiger charge is 2.34. The molecule has 0 spiro atoms. The zero-order chi connectivity index (χ0) is 29.7. The van der Waals surface area contributed by atoms with E-state index in [4.69, 9.17) is 23.2 Å². The van der Waals surface area contributed by atoms with Crippen molar-refractivity contribution in [2.75, 3.05) is 10.8 Å². The number of benzene rings is 3. The highest BCUT2D eigenvalue weighted by atomic mass is 35.5. The molecular formula is C30H35Cl2N3O4S. The summed E-state index contributed by atoms with van der Waals surface area (Å²) in [4.78, 5) is 28.6. The molecule has 2 amide bonds. The lowest BCUT2D eigenvalue weighted by Crippen LogP contribution is -2.54. The normalized spacial score (nSPS) is 12.5. The molecule has 10 heteroatoms. The number of rotatable bonds is 10. The molecule has 0 fully saturated rings. The van der Waals surface area contributed by atoms with E-state index in [9.17, 15) is 18.0 Å². The molecule has 214 valence electrons. The average molecular weight is 605 g/mol. The number of aryl methyl sites for hydroxylation is 1. The third kappa shape index (κ3) is 7.77. The van der Waals surface area contributed by atoms with Crippen molar-refractivity contribution in [2.45, 2.75) is 64.1 Å². The van der Waals surface area contributed by atoms with Gasteiger partial charge in [0.1, 0.15) is 12.6 Å². The maximum Gasteiger partial charge on any atom is 0.264 e. The molecule has 40 heavy (non-hydrogen) atoms. The second-order valence-electron chi connectivity index (χ2n) is 10.5. The Morgan fingerprint density at radius 1 is 0.900 bits per heavy atom. The van der Waals surface area contributed by atoms with Gasteiger partial charge in [-0.3, -0.25) is 13.9 Å². The van der Waals surface area contributed by atoms with Gasteiger partial charge in [0, 0.05) is 27.7 Å². The van der Waals surface area contributed by atoms with E-state index in [1.807, 2.05) is 39.8 Å². The summed E-state index contributed by atoms with van der Waals surface area (Å²) in [6.07, 6.45) is 0.775. The SMILES string of the molecule is CCc1ccc(N(CC(=O)N(Cc2c(Cl)cccc2Cl)[C@@H](C)C(=O)NC(C)(C)C)S(=O)(=O)c2ccccc2)cc1. The van der Waals surface area contributed by atoms with E-state index in [1.165, 1.54) is 17.0 Å². The van der Waals surface area contributed by atoms with Crippen LogP contribution in [0.4, 0.5) is 5.69 Å². The molecule has 0 aromatic heterocycles. The largest absolute Gasteiger partial charge is 0.350 e. The summed E-state index contributed by atoms with van der Waals surface area (Å²) < 4.78 is 28.7. The van der Waals surface area contributed by atoms with Crippen molar-refractivity contribution in [1.82, 2.24) is 10.2 Å². The summed E-state index contributed by atoms with van der Waals surface area (Å²) in [6, 6.07) is 19.0. The summed E-state index contributed by atoms with van der Waals surface area (Å²) in [5.41, 5.74) is 1.26. The molecule has 0 aliphatic heterocycles. The lowest BCUT2D eigenvalue weighted by Gasteiger charge is -2.34. The molecule has 1 atom stereocenters. The van der Waals surface area contributed by atoms with Crippen molar-refractivity contribution in [3.8, 4) is 0 Å². The molecule has 0 saturated heterocycles. The van der Waals surface area contributed by atoms with Crippen LogP contribution in [0.3, 0.4) is 0 Å². The first-order chi connectivity index (χ1) is 18.7. The fourth-order valence-electron chi connectivity index (χ4n) is 4.06. The quantitative estimate of drug-likeness (QED) is 0.304. The highest BCUT2D eigenvalue weighted by molar-refractivity contribution is 7.92. The minimum atomic E-state index is -4.13. The molecule has 0 aliphatic carbocycles. The molecule has 3 aromatic rings. The van der Waals surface area contributed by atoms with Crippen molar-refractivity contribution in [3.05, 3.63) is 94.0 Å². The second kappa shape index (κ2) is 13.1. The fourth-order valence-corrected chi connectivity index (χ4v) is 6.01. The van der Waals surface area contributed by atoms with E-state index in [0.717, 1.165) is 16.3 Å². The number of carbonyl (C=O) groups excluding carboxylic acids is 2. The number of nitrogens with zero attached hydrogens (tertiary/aromatic N) is 2. The fraction of sp³-hybridized carbons (Fsp3) is 0.333. The molecule has 3 rings (SSSR count). The van der Waals surface area contributed by atoms with E-state index in [2.05, 4.69) is 5.32 Å². The number of sulfonamides is 1. The van der Waals surface area contributed by atoms with Crippen molar-refractivity contribution < 1.29 is 18.0 Å². The standard InChI is InChI=1S/C30H35Cl2N3O4S/c1-6-22-15-17-23(18-16-22)35(40(38,39)24-11-8-7-9-12-24)20-28(36)34(21(2)29(37)33-30(3,4)5)19-25-26(31)13-10-14-27(25)32/h7-18,21H,6,19-20H2,1-5H3,(H,33,37)/t21-/m0/s1. The number of anilines is 1. The Hall–Kier alpha value is -3.07. The van der Waals surface area contributed by atoms with Gasteiger partial charge in [0.05, 0.1) is 10.6 Å². The third-order valence-electron chi connectivity index (χ3n) is 6.30. The summed E-state index contributed by atoms with van der Waals surface area (Å²) >= 11 is 12.8. The van der Waals surface area contributed by atoms with Crippen LogP contribution in [0.25, 0.3) is 0 Å². The maximum absolute atomic E-state index is 14.0. The van der Waals surface area contributed by atoms with Gasteiger partial charge in [-0.15, -0.1) is 0 Å². The smallest absolute Gasteiger partial charge is 0.264 e. The number of carbonyl (C=O) groups is 2. The van der Waals surface area contributed by atoms with E-state index >= 15 is 0 Å². The van der Waals surface area contributed by atoms with Crippen LogP contribution in [-0.4, -0.2) is 43.3 Å². The summed E-state index contributed by atoms with van der Waals surface area (Å²) in [7, 11) is -4.13. The van der Waals surface area contributed by atoms with Crippen LogP contribution in [0, 0.1) is 0 Å². The predicted molar refractivity (Wildman–Crippen MR) is 161 cm³/mol. The number of hydrogen-bond donors (Lipinski definition) is 1. The van der Waals surface area contributed by atoms with Crippen LogP contribution in [0.15, 0.2) is 77.7 Å². The Balaban J connectivity index is 2.07. The van der Waals surface area contributed by atoms with E-state index in [0.29, 0.717) is 21.3 Å². The predicted octanol–water partition coefficient (Wildman–Crippen LogP) is 6.08. The topological polar surface area (TPSA) is 86.8 Å². The molecule has 0 heterocycles. The first-order valence-corrected chi connectivity index (χ1v) is 15.1. The van der Waals surface area contributed by atoms with Crippen molar-refractivity contribution in [2.24, 2.45) is 0 Å². The first kappa shape index (κ1) is 31.5. The van der Waals surface area contributed by atoms with Gasteiger partial charge in [0.15, 0.2) is 0 Å². The average Bonchev–Trinajstić information content (AvgIpc) is 2.90. The Labute approximate surface area is 247 Å². The van der Waals surface area contributed by atoms with Gasteiger partial charge in [0.25, 0.3) is 10.0 Å². The van der Waals surface area contributed by atoms with Crippen LogP contribution in [-0.2, 0) is 32.6 Å². The molecule has 0 radical (unpaired) electrons. The molecule has 0 unspecified atom stereocenters. The molecule has 7 nitrogen and oxygen atoms in total. The monoisotopic (exact) mass is 603 g/mol. The summed E-state index contributed by atoms with van der Waals surface area (Å²) in [5, 5.41) is 3.55. The van der Waals surface area contributed by atoms with Crippen LogP contribution in [0.5, 0.6) is 0 Å². The first-order valence-electron chi connectivity index (χ1n) is 13.0. The Kier molecular flexibility index (Phi) is 10.3. The number of nitrogens with one attached hydrogen (secondary N) is 1. The van der Waals surface area contributed by atoms with Gasteiger partial charge >= 0.3 is 0 Å². The minimum Gasteiger partial charge on any atom is -0.350 e. The van der Waals surface area contributed by atoms with Crippen molar-refractivity contribution in [1.29, 1.82) is 0 Å². The lowest BCUT2D eigenvalue weighted by atomic mass is 10.1. The highest BCUT2D eigenvalue weighted by Crippen LogP contribution is 2.28. The van der Waals surface area contributed by atoms with E-state index < -0.39 is 40.0 Å². The lowest BCUT2D eigenvalue weighted by molar-refractivity contribution is -0.140. The van der Waals surface area contributed by atoms with Crippen LogP contribution < -0.4 is 9.62 Å². The number of halogens is 2. The summed E-state index contributed by atoms with van der Waals surface area (Å²) in [5.74, 6) is -0.986. The van der Waals surface area contributed by atoms with Gasteiger partial charge in [-0.1, -0.05) is 66.5 Å². The zero-order valence-corrected chi connectivity index (χ0v) is 25.6. The molecule has 0 bridgehead atoms. The van der Waals surface area contributed by atoms with Gasteiger partial charge in [-0.05, 0) is 76.1 Å². The Morgan fingerprint density at radius 3 is 2.00 bits per heavy atom. The number of hydrogen-bond acceptors (Lipinski definition) is 4. The van der Waals surface area contributed by atoms with Crippen molar-refractivity contribution in [3.63, 3.8) is 0 Å². The number of amides is 2. The maximum atomic E-state index is 14.0. The van der Waals surface area contributed by atoms with E-state index in [-0.39, 0.29) is 11.4 Å². The second-order valence-corrected chi connectivity index (χ2v) is 13.2. The van der Waals surface area contributed by atoms with Crippen LogP contribution in [0.1, 0.15) is 45.7 Å². The van der Waals surface area contributed by atoms with Gasteiger partial charge in [0.2, 0.25) is 11.8 Å². The molecule has 0 aliphatic rings. The van der Waals surface area contributed by atoms with Gasteiger partial charge in [-0.25, -0.2) is 8.42 Å². The molecule has 3 aromatic carbocycles.